The highest BCUT2D eigenvalue weighted by Crippen LogP contribution is 2.30. The lowest BCUT2D eigenvalue weighted by Crippen LogP contribution is -2.32. The summed E-state index contributed by atoms with van der Waals surface area (Å²) in [5, 5.41) is 2.29. The van der Waals surface area contributed by atoms with Gasteiger partial charge in [-0.1, -0.05) is 6.07 Å². The van der Waals surface area contributed by atoms with Crippen LogP contribution in [0.1, 0.15) is 12.5 Å². The number of hydrogen-bond acceptors (Lipinski definition) is 2. The van der Waals surface area contributed by atoms with Crippen molar-refractivity contribution in [2.24, 2.45) is 5.73 Å². The molecular formula is C10H11F3N2O. The minimum absolute atomic E-state index is 0.0807. The van der Waals surface area contributed by atoms with Gasteiger partial charge in [0.15, 0.2) is 0 Å². The molecule has 0 radical (unpaired) electrons. The van der Waals surface area contributed by atoms with Gasteiger partial charge in [0, 0.05) is 5.69 Å². The van der Waals surface area contributed by atoms with Crippen LogP contribution in [0, 0.1) is 0 Å². The van der Waals surface area contributed by atoms with Crippen LogP contribution in [0.4, 0.5) is 18.9 Å². The van der Waals surface area contributed by atoms with Crippen LogP contribution in [0.3, 0.4) is 0 Å². The standard InChI is InChI=1S/C10H11F3N2O/c1-6(14)9(16)15-8-4-2-3-7(5-8)10(11,12)13/h2-6H,14H2,1H3,(H,15,16)/t6-/m0/s1. The van der Waals surface area contributed by atoms with E-state index in [4.69, 9.17) is 5.73 Å². The number of rotatable bonds is 2. The summed E-state index contributed by atoms with van der Waals surface area (Å²) < 4.78 is 37.0. The molecule has 0 bridgehead atoms. The van der Waals surface area contributed by atoms with E-state index in [9.17, 15) is 18.0 Å². The summed E-state index contributed by atoms with van der Waals surface area (Å²) in [6.07, 6.45) is -4.42. The maximum absolute atomic E-state index is 12.3. The quantitative estimate of drug-likeness (QED) is 0.819. The maximum Gasteiger partial charge on any atom is 0.416 e. The SMILES string of the molecule is C[C@H](N)C(=O)Nc1cccc(C(F)(F)F)c1. The van der Waals surface area contributed by atoms with Gasteiger partial charge in [0.1, 0.15) is 0 Å². The number of carbonyl (C=O) groups is 1. The number of alkyl halides is 3. The molecule has 0 aliphatic heterocycles. The molecule has 0 saturated carbocycles. The van der Waals surface area contributed by atoms with E-state index in [1.54, 1.807) is 0 Å². The molecule has 6 heteroatoms. The van der Waals surface area contributed by atoms with Crippen LogP contribution in [-0.2, 0) is 11.0 Å². The molecule has 1 aromatic rings. The normalized spacial score (nSPS) is 13.3. The second kappa shape index (κ2) is 4.52. The lowest BCUT2D eigenvalue weighted by Gasteiger charge is -2.10. The van der Waals surface area contributed by atoms with E-state index < -0.39 is 23.7 Å². The van der Waals surface area contributed by atoms with Crippen molar-refractivity contribution in [3.8, 4) is 0 Å². The molecule has 16 heavy (non-hydrogen) atoms. The fourth-order valence-corrected chi connectivity index (χ4v) is 1.03. The van der Waals surface area contributed by atoms with Crippen molar-refractivity contribution in [2.75, 3.05) is 5.32 Å². The summed E-state index contributed by atoms with van der Waals surface area (Å²) in [5.41, 5.74) is 4.54. The van der Waals surface area contributed by atoms with Gasteiger partial charge in [-0.2, -0.15) is 13.2 Å². The zero-order chi connectivity index (χ0) is 12.3. The Morgan fingerprint density at radius 3 is 2.56 bits per heavy atom. The number of anilines is 1. The van der Waals surface area contributed by atoms with E-state index in [-0.39, 0.29) is 5.69 Å². The first-order chi connectivity index (χ1) is 7.30. The van der Waals surface area contributed by atoms with E-state index in [2.05, 4.69) is 5.32 Å². The van der Waals surface area contributed by atoms with Crippen molar-refractivity contribution in [1.29, 1.82) is 0 Å². The Morgan fingerprint density at radius 1 is 1.44 bits per heavy atom. The molecule has 3 N–H and O–H groups in total. The Bertz CT molecular complexity index is 388. The second-order valence-corrected chi connectivity index (χ2v) is 3.36. The average Bonchev–Trinajstić information content (AvgIpc) is 2.16. The number of nitrogens with two attached hydrogens (primary N) is 1. The van der Waals surface area contributed by atoms with Crippen LogP contribution in [0.25, 0.3) is 0 Å². The van der Waals surface area contributed by atoms with Gasteiger partial charge in [0.25, 0.3) is 0 Å². The van der Waals surface area contributed by atoms with Crippen LogP contribution in [0.5, 0.6) is 0 Å². The van der Waals surface area contributed by atoms with Crippen molar-refractivity contribution in [2.45, 2.75) is 19.1 Å². The Balaban J connectivity index is 2.88. The Kier molecular flexibility index (Phi) is 3.54. The number of halogens is 3. The molecule has 88 valence electrons. The predicted octanol–water partition coefficient (Wildman–Crippen LogP) is 1.99. The van der Waals surface area contributed by atoms with Crippen molar-refractivity contribution in [3.05, 3.63) is 29.8 Å². The van der Waals surface area contributed by atoms with Gasteiger partial charge in [-0.15, -0.1) is 0 Å². The molecule has 1 amide bonds. The summed E-state index contributed by atoms with van der Waals surface area (Å²) in [5.74, 6) is -0.528. The van der Waals surface area contributed by atoms with Gasteiger partial charge >= 0.3 is 6.18 Å². The Morgan fingerprint density at radius 2 is 2.06 bits per heavy atom. The van der Waals surface area contributed by atoms with Gasteiger partial charge in [0.2, 0.25) is 5.91 Å². The van der Waals surface area contributed by atoms with Crippen molar-refractivity contribution >= 4 is 11.6 Å². The second-order valence-electron chi connectivity index (χ2n) is 3.36. The van der Waals surface area contributed by atoms with E-state index >= 15 is 0 Å². The van der Waals surface area contributed by atoms with Crippen LogP contribution in [0.2, 0.25) is 0 Å². The molecule has 0 heterocycles. The first kappa shape index (κ1) is 12.5. The van der Waals surface area contributed by atoms with E-state index in [1.165, 1.54) is 19.1 Å². The third kappa shape index (κ3) is 3.23. The number of carbonyl (C=O) groups excluding carboxylic acids is 1. The molecule has 0 aromatic heterocycles. The smallest absolute Gasteiger partial charge is 0.325 e. The molecule has 0 aliphatic carbocycles. The zero-order valence-electron chi connectivity index (χ0n) is 8.51. The first-order valence-corrected chi connectivity index (χ1v) is 4.54. The highest BCUT2D eigenvalue weighted by Gasteiger charge is 2.30. The van der Waals surface area contributed by atoms with E-state index in [1.807, 2.05) is 0 Å². The van der Waals surface area contributed by atoms with Crippen molar-refractivity contribution in [1.82, 2.24) is 0 Å². The molecule has 1 rings (SSSR count). The monoisotopic (exact) mass is 232 g/mol. The summed E-state index contributed by atoms with van der Waals surface area (Å²) >= 11 is 0. The molecule has 1 aromatic carbocycles. The third-order valence-electron chi connectivity index (χ3n) is 1.87. The minimum atomic E-state index is -4.42. The summed E-state index contributed by atoms with van der Waals surface area (Å²) in [6.45, 7) is 1.45. The van der Waals surface area contributed by atoms with E-state index in [0.29, 0.717) is 0 Å². The molecule has 0 saturated heterocycles. The van der Waals surface area contributed by atoms with Crippen LogP contribution in [0.15, 0.2) is 24.3 Å². The third-order valence-corrected chi connectivity index (χ3v) is 1.87. The number of amides is 1. The summed E-state index contributed by atoms with van der Waals surface area (Å²) in [4.78, 5) is 11.2. The van der Waals surface area contributed by atoms with Gasteiger partial charge < -0.3 is 11.1 Å². The number of nitrogens with one attached hydrogen (secondary N) is 1. The summed E-state index contributed by atoms with van der Waals surface area (Å²) in [7, 11) is 0. The van der Waals surface area contributed by atoms with Crippen LogP contribution < -0.4 is 11.1 Å². The van der Waals surface area contributed by atoms with Crippen LogP contribution in [-0.4, -0.2) is 11.9 Å². The highest BCUT2D eigenvalue weighted by molar-refractivity contribution is 5.94. The first-order valence-electron chi connectivity index (χ1n) is 4.54. The van der Waals surface area contributed by atoms with Crippen molar-refractivity contribution in [3.63, 3.8) is 0 Å². The topological polar surface area (TPSA) is 55.1 Å². The molecule has 0 spiro atoms. The minimum Gasteiger partial charge on any atom is -0.325 e. The van der Waals surface area contributed by atoms with Gasteiger partial charge in [-0.25, -0.2) is 0 Å². The lowest BCUT2D eigenvalue weighted by atomic mass is 10.2. The summed E-state index contributed by atoms with van der Waals surface area (Å²) in [6, 6.07) is 3.62. The fraction of sp³-hybridized carbons (Fsp3) is 0.300. The van der Waals surface area contributed by atoms with Gasteiger partial charge in [-0.3, -0.25) is 4.79 Å². The number of benzene rings is 1. The molecule has 3 nitrogen and oxygen atoms in total. The largest absolute Gasteiger partial charge is 0.416 e. The lowest BCUT2D eigenvalue weighted by molar-refractivity contribution is -0.137. The molecule has 0 fully saturated rings. The predicted molar refractivity (Wildman–Crippen MR) is 53.7 cm³/mol. The van der Waals surface area contributed by atoms with Crippen LogP contribution >= 0.6 is 0 Å². The maximum atomic E-state index is 12.3. The molecule has 0 aliphatic rings. The van der Waals surface area contributed by atoms with Crippen molar-refractivity contribution < 1.29 is 18.0 Å². The molecule has 1 atom stereocenters. The number of hydrogen-bond donors (Lipinski definition) is 2. The molecule has 0 unspecified atom stereocenters. The molecular weight excluding hydrogens is 221 g/mol. The fourth-order valence-electron chi connectivity index (χ4n) is 1.03. The zero-order valence-corrected chi connectivity index (χ0v) is 8.51. The average molecular weight is 232 g/mol. The van der Waals surface area contributed by atoms with Gasteiger partial charge in [-0.05, 0) is 25.1 Å². The Labute approximate surface area is 90.4 Å². The van der Waals surface area contributed by atoms with E-state index in [0.717, 1.165) is 12.1 Å². The van der Waals surface area contributed by atoms with Gasteiger partial charge in [0.05, 0.1) is 11.6 Å². The highest BCUT2D eigenvalue weighted by atomic mass is 19.4. The Hall–Kier alpha value is -1.56.